The first-order valence-electron chi connectivity index (χ1n) is 4.90. The molecule has 0 saturated carbocycles. The number of hydrogen-bond acceptors (Lipinski definition) is 4. The first-order valence-corrected chi connectivity index (χ1v) is 7.79. The summed E-state index contributed by atoms with van der Waals surface area (Å²) in [6.45, 7) is 0. The van der Waals surface area contributed by atoms with E-state index < -0.39 is 21.8 Å². The number of nitrogens with zero attached hydrogens (tertiary/aromatic N) is 1. The fourth-order valence-electron chi connectivity index (χ4n) is 1.49. The average Bonchev–Trinajstić information content (AvgIpc) is 2.61. The van der Waals surface area contributed by atoms with Crippen LogP contribution >= 0.6 is 27.5 Å². The maximum absolute atomic E-state index is 11.9. The predicted molar refractivity (Wildman–Crippen MR) is 71.1 cm³/mol. The molecule has 0 bridgehead atoms. The Labute approximate surface area is 117 Å². The van der Waals surface area contributed by atoms with Crippen molar-refractivity contribution >= 4 is 43.3 Å². The average molecular weight is 352 g/mol. The molecule has 1 aromatic rings. The Morgan fingerprint density at radius 3 is 2.89 bits per heavy atom. The molecule has 1 unspecified atom stereocenters. The first kappa shape index (κ1) is 13.5. The Balaban J connectivity index is 2.14. The monoisotopic (exact) mass is 350 g/mol. The molecule has 2 heterocycles. The fraction of sp³-hybridized carbons (Fsp3) is 0.200. The molecule has 0 aliphatic carbocycles. The van der Waals surface area contributed by atoms with Gasteiger partial charge in [0.25, 0.3) is 5.91 Å². The number of aromatic nitrogens is 1. The Morgan fingerprint density at radius 2 is 2.28 bits per heavy atom. The maximum atomic E-state index is 11.9. The van der Waals surface area contributed by atoms with Crippen molar-refractivity contribution in [2.24, 2.45) is 0 Å². The minimum Gasteiger partial charge on any atom is -0.345 e. The van der Waals surface area contributed by atoms with Gasteiger partial charge in [-0.15, -0.1) is 0 Å². The second-order valence-electron chi connectivity index (χ2n) is 3.73. The topological polar surface area (TPSA) is 76.1 Å². The molecule has 1 amide bonds. The van der Waals surface area contributed by atoms with Crippen LogP contribution in [0.2, 0.25) is 5.15 Å². The summed E-state index contributed by atoms with van der Waals surface area (Å²) < 4.78 is 23.0. The Morgan fingerprint density at radius 1 is 1.56 bits per heavy atom. The van der Waals surface area contributed by atoms with Gasteiger partial charge in [0.15, 0.2) is 9.84 Å². The van der Waals surface area contributed by atoms with E-state index in [1.807, 2.05) is 0 Å². The molecule has 0 fully saturated rings. The SMILES string of the molecule is O=C(NC1C=CS(=O)(=O)C1)c1cc(Br)cnc1Cl. The molecule has 18 heavy (non-hydrogen) atoms. The molecule has 2 rings (SSSR count). The summed E-state index contributed by atoms with van der Waals surface area (Å²) in [6, 6.07) is 0.996. The van der Waals surface area contributed by atoms with E-state index in [0.717, 1.165) is 5.41 Å². The molecule has 5 nitrogen and oxygen atoms in total. The molecule has 1 atom stereocenters. The highest BCUT2D eigenvalue weighted by Gasteiger charge is 2.24. The molecule has 0 aromatic carbocycles. The molecule has 0 radical (unpaired) electrons. The van der Waals surface area contributed by atoms with E-state index in [2.05, 4.69) is 26.2 Å². The molecule has 1 aliphatic rings. The van der Waals surface area contributed by atoms with Crippen LogP contribution in [0.3, 0.4) is 0 Å². The number of halogens is 2. The maximum Gasteiger partial charge on any atom is 0.254 e. The van der Waals surface area contributed by atoms with Crippen molar-refractivity contribution in [3.05, 3.63) is 38.9 Å². The van der Waals surface area contributed by atoms with Crippen molar-refractivity contribution in [3.8, 4) is 0 Å². The minimum atomic E-state index is -3.19. The number of rotatable bonds is 2. The summed E-state index contributed by atoms with van der Waals surface area (Å²) >= 11 is 8.99. The zero-order chi connectivity index (χ0) is 13.3. The van der Waals surface area contributed by atoms with E-state index >= 15 is 0 Å². The number of carbonyl (C=O) groups is 1. The van der Waals surface area contributed by atoms with E-state index in [4.69, 9.17) is 11.6 Å². The lowest BCUT2D eigenvalue weighted by Crippen LogP contribution is -2.35. The number of nitrogens with one attached hydrogen (secondary N) is 1. The Hall–Kier alpha value is -0.920. The largest absolute Gasteiger partial charge is 0.345 e. The van der Waals surface area contributed by atoms with Crippen molar-refractivity contribution in [2.75, 3.05) is 5.75 Å². The van der Waals surface area contributed by atoms with Gasteiger partial charge in [-0.25, -0.2) is 13.4 Å². The highest BCUT2D eigenvalue weighted by molar-refractivity contribution is 9.10. The van der Waals surface area contributed by atoms with Crippen LogP contribution in [0.4, 0.5) is 0 Å². The van der Waals surface area contributed by atoms with E-state index in [9.17, 15) is 13.2 Å². The van der Waals surface area contributed by atoms with Gasteiger partial charge in [-0.2, -0.15) is 0 Å². The summed E-state index contributed by atoms with van der Waals surface area (Å²) in [5.41, 5.74) is 0.198. The number of sulfone groups is 1. The van der Waals surface area contributed by atoms with Crippen molar-refractivity contribution in [1.29, 1.82) is 0 Å². The molecule has 1 N–H and O–H groups in total. The van der Waals surface area contributed by atoms with Crippen LogP contribution in [0, 0.1) is 0 Å². The van der Waals surface area contributed by atoms with Crippen LogP contribution in [0.5, 0.6) is 0 Å². The van der Waals surface area contributed by atoms with Crippen LogP contribution in [0.25, 0.3) is 0 Å². The molecule has 96 valence electrons. The van der Waals surface area contributed by atoms with Gasteiger partial charge in [0.2, 0.25) is 0 Å². The van der Waals surface area contributed by atoms with Gasteiger partial charge in [0.05, 0.1) is 17.4 Å². The smallest absolute Gasteiger partial charge is 0.254 e. The van der Waals surface area contributed by atoms with Gasteiger partial charge in [-0.1, -0.05) is 11.6 Å². The van der Waals surface area contributed by atoms with E-state index in [1.165, 1.54) is 18.3 Å². The second kappa shape index (κ2) is 4.99. The van der Waals surface area contributed by atoms with Gasteiger partial charge in [-0.3, -0.25) is 4.79 Å². The molecule has 8 heteroatoms. The van der Waals surface area contributed by atoms with Crippen LogP contribution in [0.1, 0.15) is 10.4 Å². The van der Waals surface area contributed by atoms with Gasteiger partial charge in [-0.05, 0) is 28.1 Å². The highest BCUT2D eigenvalue weighted by Crippen LogP contribution is 2.18. The lowest BCUT2D eigenvalue weighted by atomic mass is 10.2. The van der Waals surface area contributed by atoms with Crippen molar-refractivity contribution in [1.82, 2.24) is 10.3 Å². The third-order valence-electron chi connectivity index (χ3n) is 2.30. The van der Waals surface area contributed by atoms with Gasteiger partial charge >= 0.3 is 0 Å². The minimum absolute atomic E-state index is 0.0699. The van der Waals surface area contributed by atoms with Gasteiger partial charge < -0.3 is 5.32 Å². The third-order valence-corrected chi connectivity index (χ3v) is 4.43. The van der Waals surface area contributed by atoms with Crippen LogP contribution < -0.4 is 5.32 Å². The van der Waals surface area contributed by atoms with Gasteiger partial charge in [0, 0.05) is 16.1 Å². The van der Waals surface area contributed by atoms with E-state index in [0.29, 0.717) is 4.47 Å². The van der Waals surface area contributed by atoms with Crippen molar-refractivity contribution in [2.45, 2.75) is 6.04 Å². The van der Waals surface area contributed by atoms with E-state index in [-0.39, 0.29) is 16.5 Å². The highest BCUT2D eigenvalue weighted by atomic mass is 79.9. The molecule has 1 aliphatic heterocycles. The van der Waals surface area contributed by atoms with Crippen LogP contribution in [-0.2, 0) is 9.84 Å². The summed E-state index contributed by atoms with van der Waals surface area (Å²) in [5, 5.41) is 3.73. The fourth-order valence-corrected chi connectivity index (χ4v) is 3.25. The van der Waals surface area contributed by atoms with Crippen molar-refractivity contribution < 1.29 is 13.2 Å². The van der Waals surface area contributed by atoms with Crippen LogP contribution in [0.15, 0.2) is 28.2 Å². The second-order valence-corrected chi connectivity index (χ2v) is 6.93. The molecule has 0 saturated heterocycles. The number of amides is 1. The predicted octanol–water partition coefficient (Wildman–Crippen LogP) is 1.54. The molecule has 0 spiro atoms. The number of carbonyl (C=O) groups excluding carboxylic acids is 1. The molecule has 1 aromatic heterocycles. The third kappa shape index (κ3) is 3.09. The summed E-state index contributed by atoms with van der Waals surface area (Å²) in [6.07, 6.45) is 2.91. The first-order chi connectivity index (χ1) is 8.37. The lowest BCUT2D eigenvalue weighted by molar-refractivity contribution is 0.0947. The Kier molecular flexibility index (Phi) is 3.74. The normalized spacial score (nSPS) is 20.9. The molecular weight excluding hydrogens is 344 g/mol. The standard InChI is InChI=1S/C10H8BrClN2O3S/c11-6-3-8(9(12)13-4-6)10(15)14-7-1-2-18(16,17)5-7/h1-4,7H,5H2,(H,14,15). The van der Waals surface area contributed by atoms with Crippen LogP contribution in [-0.4, -0.2) is 31.1 Å². The number of hydrogen-bond donors (Lipinski definition) is 1. The quantitative estimate of drug-likeness (QED) is 0.820. The summed E-state index contributed by atoms with van der Waals surface area (Å²) in [5.74, 6) is -0.585. The lowest BCUT2D eigenvalue weighted by Gasteiger charge is -2.10. The molecular formula is C10H8BrClN2O3S. The van der Waals surface area contributed by atoms with Crippen molar-refractivity contribution in [3.63, 3.8) is 0 Å². The summed E-state index contributed by atoms with van der Waals surface area (Å²) in [7, 11) is -3.19. The Bertz CT molecular complexity index is 630. The van der Waals surface area contributed by atoms with E-state index in [1.54, 1.807) is 0 Å². The zero-order valence-corrected chi connectivity index (χ0v) is 12.1. The zero-order valence-electron chi connectivity index (χ0n) is 8.93. The summed E-state index contributed by atoms with van der Waals surface area (Å²) in [4.78, 5) is 15.7. The number of pyridine rings is 1. The van der Waals surface area contributed by atoms with Gasteiger partial charge in [0.1, 0.15) is 5.15 Å².